The second kappa shape index (κ2) is 7.00. The first-order valence-electron chi connectivity index (χ1n) is 8.37. The predicted octanol–water partition coefficient (Wildman–Crippen LogP) is 2.75. The van der Waals surface area contributed by atoms with E-state index >= 15 is 0 Å². The number of fused-ring (bicyclic) bond motifs is 1. The molecule has 7 heteroatoms. The Balaban J connectivity index is 2.37. The molecule has 1 aliphatic heterocycles. The minimum absolute atomic E-state index is 0.0389. The molecule has 27 heavy (non-hydrogen) atoms. The molecule has 0 spiro atoms. The summed E-state index contributed by atoms with van der Waals surface area (Å²) in [6.45, 7) is 5.29. The van der Waals surface area contributed by atoms with Gasteiger partial charge in [-0.15, -0.1) is 0 Å². The number of nitrogens with zero attached hydrogens (tertiary/aromatic N) is 1. The molecule has 2 heterocycles. The van der Waals surface area contributed by atoms with Crippen molar-refractivity contribution in [2.45, 2.75) is 26.7 Å². The molecule has 1 atom stereocenters. The molecule has 3 rings (SSSR count). The number of hydrogen-bond donors (Lipinski definition) is 1. The van der Waals surface area contributed by atoms with Crippen LogP contribution in [0.4, 0.5) is 0 Å². The second-order valence-corrected chi connectivity index (χ2v) is 6.14. The smallest absolute Gasteiger partial charge is 0.338 e. The quantitative estimate of drug-likeness (QED) is 0.656. The number of carbonyl (C=O) groups is 1. The van der Waals surface area contributed by atoms with Crippen LogP contribution in [0, 0.1) is 18.3 Å². The second-order valence-electron chi connectivity index (χ2n) is 6.14. The van der Waals surface area contributed by atoms with Crippen molar-refractivity contribution in [1.29, 1.82) is 5.26 Å². The minimum atomic E-state index is -0.892. The van der Waals surface area contributed by atoms with Gasteiger partial charge in [0.1, 0.15) is 23.0 Å². The van der Waals surface area contributed by atoms with Gasteiger partial charge in [0.2, 0.25) is 5.88 Å². The van der Waals surface area contributed by atoms with E-state index in [-0.39, 0.29) is 29.4 Å². The number of ether oxygens (including phenoxy) is 2. The van der Waals surface area contributed by atoms with Crippen LogP contribution in [0.1, 0.15) is 30.9 Å². The van der Waals surface area contributed by atoms with Gasteiger partial charge < -0.3 is 19.6 Å². The fourth-order valence-electron chi connectivity index (χ4n) is 3.21. The number of nitriles is 1. The lowest BCUT2D eigenvalue weighted by molar-refractivity contribution is -0.139. The van der Waals surface area contributed by atoms with E-state index in [1.807, 2.05) is 25.1 Å². The standard InChI is InChI=1S/C20H18N2O5/c1-4-25-20(24)17-11(3)26-19(22)14(9-21)18(17)13-8-16(23)27-15-6-5-10(2)7-12(13)15/h5-8,18H,4,22H2,1-3H3. The van der Waals surface area contributed by atoms with Crippen LogP contribution < -0.4 is 11.4 Å². The number of esters is 1. The van der Waals surface area contributed by atoms with Crippen LogP contribution in [0.15, 0.2) is 56.3 Å². The molecule has 138 valence electrons. The molecule has 0 fully saturated rings. The predicted molar refractivity (Wildman–Crippen MR) is 97.2 cm³/mol. The topological polar surface area (TPSA) is 116 Å². The summed E-state index contributed by atoms with van der Waals surface area (Å²) in [5, 5.41) is 10.3. The van der Waals surface area contributed by atoms with Gasteiger partial charge in [-0.1, -0.05) is 11.6 Å². The molecular formula is C20H18N2O5. The van der Waals surface area contributed by atoms with Gasteiger partial charge in [-0.2, -0.15) is 5.26 Å². The van der Waals surface area contributed by atoms with Gasteiger partial charge in [0.05, 0.1) is 18.1 Å². The summed E-state index contributed by atoms with van der Waals surface area (Å²) in [6.07, 6.45) is 0. The third kappa shape index (κ3) is 3.17. The molecule has 0 bridgehead atoms. The van der Waals surface area contributed by atoms with Crippen molar-refractivity contribution in [2.75, 3.05) is 6.61 Å². The Morgan fingerprint density at radius 1 is 1.33 bits per heavy atom. The van der Waals surface area contributed by atoms with Crippen molar-refractivity contribution >= 4 is 16.9 Å². The van der Waals surface area contributed by atoms with Crippen molar-refractivity contribution in [3.8, 4) is 6.07 Å². The van der Waals surface area contributed by atoms with Gasteiger partial charge in [0, 0.05) is 11.5 Å². The average molecular weight is 366 g/mol. The van der Waals surface area contributed by atoms with Crippen molar-refractivity contribution in [1.82, 2.24) is 0 Å². The first-order valence-corrected chi connectivity index (χ1v) is 8.37. The van der Waals surface area contributed by atoms with E-state index in [0.717, 1.165) is 5.56 Å². The highest BCUT2D eigenvalue weighted by Crippen LogP contribution is 2.41. The monoisotopic (exact) mass is 366 g/mol. The van der Waals surface area contributed by atoms with E-state index in [9.17, 15) is 14.9 Å². The molecular weight excluding hydrogens is 348 g/mol. The van der Waals surface area contributed by atoms with Gasteiger partial charge in [-0.25, -0.2) is 9.59 Å². The van der Waals surface area contributed by atoms with E-state index in [1.54, 1.807) is 19.9 Å². The van der Waals surface area contributed by atoms with Gasteiger partial charge in [0.15, 0.2) is 0 Å². The van der Waals surface area contributed by atoms with Gasteiger partial charge >= 0.3 is 11.6 Å². The molecule has 1 aliphatic rings. The van der Waals surface area contributed by atoms with Crippen LogP contribution in [0.5, 0.6) is 0 Å². The fourth-order valence-corrected chi connectivity index (χ4v) is 3.21. The Labute approximate surface area is 155 Å². The lowest BCUT2D eigenvalue weighted by atomic mass is 9.81. The number of aryl methyl sites for hydroxylation is 1. The number of nitrogens with two attached hydrogens (primary N) is 1. The van der Waals surface area contributed by atoms with Gasteiger partial charge in [-0.05, 0) is 38.5 Å². The SMILES string of the molecule is CCOC(=O)C1=C(C)OC(N)=C(C#N)C1c1cc(=O)oc2ccc(C)cc12. The third-order valence-corrected chi connectivity index (χ3v) is 4.34. The van der Waals surface area contributed by atoms with Crippen LogP contribution >= 0.6 is 0 Å². The fraction of sp³-hybridized carbons (Fsp3) is 0.250. The normalized spacial score (nSPS) is 16.9. The zero-order chi connectivity index (χ0) is 19.7. The summed E-state index contributed by atoms with van der Waals surface area (Å²) in [7, 11) is 0. The Bertz CT molecular complexity index is 1100. The molecule has 2 aromatic rings. The highest BCUT2D eigenvalue weighted by Gasteiger charge is 2.37. The third-order valence-electron chi connectivity index (χ3n) is 4.34. The van der Waals surface area contributed by atoms with E-state index in [4.69, 9.17) is 19.6 Å². The Morgan fingerprint density at radius 3 is 2.74 bits per heavy atom. The Hall–Kier alpha value is -3.53. The first-order chi connectivity index (χ1) is 12.9. The van der Waals surface area contributed by atoms with Crippen molar-refractivity contribution in [2.24, 2.45) is 5.73 Å². The molecule has 0 aliphatic carbocycles. The average Bonchev–Trinajstić information content (AvgIpc) is 2.61. The van der Waals surface area contributed by atoms with E-state index < -0.39 is 17.5 Å². The van der Waals surface area contributed by atoms with E-state index in [0.29, 0.717) is 16.5 Å². The van der Waals surface area contributed by atoms with Crippen LogP contribution in [0.3, 0.4) is 0 Å². The summed E-state index contributed by atoms with van der Waals surface area (Å²) in [4.78, 5) is 24.7. The lowest BCUT2D eigenvalue weighted by Gasteiger charge is -2.27. The maximum absolute atomic E-state index is 12.6. The van der Waals surface area contributed by atoms with Crippen molar-refractivity contribution < 1.29 is 18.7 Å². The molecule has 1 aromatic heterocycles. The zero-order valence-corrected chi connectivity index (χ0v) is 15.2. The molecule has 2 N–H and O–H groups in total. The number of allylic oxidation sites excluding steroid dienone is 2. The summed E-state index contributed by atoms with van der Waals surface area (Å²) >= 11 is 0. The Kier molecular flexibility index (Phi) is 4.74. The van der Waals surface area contributed by atoms with Crippen LogP contribution in [0.25, 0.3) is 11.0 Å². The van der Waals surface area contributed by atoms with Gasteiger partial charge in [0.25, 0.3) is 0 Å². The zero-order valence-electron chi connectivity index (χ0n) is 15.2. The summed E-state index contributed by atoms with van der Waals surface area (Å²) in [5.74, 6) is -1.41. The number of rotatable bonds is 3. The number of hydrogen-bond acceptors (Lipinski definition) is 7. The van der Waals surface area contributed by atoms with Gasteiger partial charge in [-0.3, -0.25) is 0 Å². The van der Waals surface area contributed by atoms with Crippen LogP contribution in [0.2, 0.25) is 0 Å². The minimum Gasteiger partial charge on any atom is -0.463 e. The largest absolute Gasteiger partial charge is 0.463 e. The Morgan fingerprint density at radius 2 is 2.07 bits per heavy atom. The highest BCUT2D eigenvalue weighted by molar-refractivity contribution is 5.94. The lowest BCUT2D eigenvalue weighted by Crippen LogP contribution is -2.26. The van der Waals surface area contributed by atoms with Crippen molar-refractivity contribution in [3.05, 3.63) is 68.6 Å². The molecule has 0 saturated heterocycles. The molecule has 1 unspecified atom stereocenters. The number of benzene rings is 1. The molecule has 1 aromatic carbocycles. The summed E-state index contributed by atoms with van der Waals surface area (Å²) in [6, 6.07) is 8.58. The highest BCUT2D eigenvalue weighted by atomic mass is 16.5. The van der Waals surface area contributed by atoms with E-state index in [2.05, 4.69) is 0 Å². The molecule has 0 saturated carbocycles. The van der Waals surface area contributed by atoms with Crippen molar-refractivity contribution in [3.63, 3.8) is 0 Å². The summed E-state index contributed by atoms with van der Waals surface area (Å²) in [5.41, 5.74) is 7.21. The maximum Gasteiger partial charge on any atom is 0.338 e. The summed E-state index contributed by atoms with van der Waals surface area (Å²) < 4.78 is 15.8. The van der Waals surface area contributed by atoms with E-state index in [1.165, 1.54) is 6.07 Å². The van der Waals surface area contributed by atoms with Crippen LogP contribution in [-0.2, 0) is 14.3 Å². The maximum atomic E-state index is 12.6. The molecule has 7 nitrogen and oxygen atoms in total. The van der Waals surface area contributed by atoms with Crippen LogP contribution in [-0.4, -0.2) is 12.6 Å². The molecule has 0 amide bonds. The molecule has 0 radical (unpaired) electrons. The first kappa shape index (κ1) is 18.3. The number of carbonyl (C=O) groups excluding carboxylic acids is 1.